The van der Waals surface area contributed by atoms with Crippen molar-refractivity contribution in [3.05, 3.63) is 60.0 Å². The summed E-state index contributed by atoms with van der Waals surface area (Å²) in [5.74, 6) is -0.840. The summed E-state index contributed by atoms with van der Waals surface area (Å²) in [6, 6.07) is 12.3. The van der Waals surface area contributed by atoms with Gasteiger partial charge in [0, 0.05) is 35.4 Å². The molecule has 2 aromatic carbocycles. The fourth-order valence-corrected chi connectivity index (χ4v) is 10.7. The molecule has 1 saturated heterocycles. The summed E-state index contributed by atoms with van der Waals surface area (Å²) in [7, 11) is -2.28. The third-order valence-corrected chi connectivity index (χ3v) is 15.5. The lowest BCUT2D eigenvalue weighted by molar-refractivity contribution is -0.140. The zero-order valence-corrected chi connectivity index (χ0v) is 35.1. The Bertz CT molecular complexity index is 2380. The zero-order valence-electron chi connectivity index (χ0n) is 33.5. The first-order valence-corrected chi connectivity index (χ1v) is 22.7. The molecule has 308 valence electrons. The normalized spacial score (nSPS) is 26.7. The van der Waals surface area contributed by atoms with Crippen molar-refractivity contribution < 1.29 is 32.3 Å². The van der Waals surface area contributed by atoms with E-state index < -0.39 is 44.3 Å². The molecule has 15 heteroatoms. The number of nitrogens with zero attached hydrogens (tertiary/aromatic N) is 4. The lowest BCUT2D eigenvalue weighted by atomic mass is 9.91. The van der Waals surface area contributed by atoms with Crippen LogP contribution in [0.4, 0.5) is 0 Å². The van der Waals surface area contributed by atoms with Gasteiger partial charge in [0.1, 0.15) is 22.4 Å². The Morgan fingerprint density at radius 2 is 1.83 bits per heavy atom. The van der Waals surface area contributed by atoms with Gasteiger partial charge in [0.25, 0.3) is 6.01 Å². The molecule has 58 heavy (non-hydrogen) atoms. The van der Waals surface area contributed by atoms with Crippen LogP contribution >= 0.6 is 11.3 Å². The number of sulfonamides is 1. The number of carbonyl (C=O) groups excluding carboxylic acids is 3. The molecular weight excluding hydrogens is 777 g/mol. The van der Waals surface area contributed by atoms with Gasteiger partial charge in [-0.3, -0.25) is 23.7 Å². The number of fused-ring (bicyclic) bond motifs is 3. The minimum atomic E-state index is -3.92. The Morgan fingerprint density at radius 1 is 1.05 bits per heavy atom. The first-order chi connectivity index (χ1) is 27.7. The number of ether oxygens (including phenoxy) is 2. The van der Waals surface area contributed by atoms with E-state index in [0.29, 0.717) is 37.2 Å². The molecule has 13 nitrogen and oxygen atoms in total. The predicted octanol–water partition coefficient (Wildman–Crippen LogP) is 6.58. The van der Waals surface area contributed by atoms with Gasteiger partial charge in [-0.25, -0.2) is 13.4 Å². The van der Waals surface area contributed by atoms with Crippen molar-refractivity contribution in [1.82, 2.24) is 24.2 Å². The maximum atomic E-state index is 14.5. The Kier molecular flexibility index (Phi) is 10.8. The van der Waals surface area contributed by atoms with E-state index in [-0.39, 0.29) is 43.0 Å². The second-order valence-electron chi connectivity index (χ2n) is 16.9. The fourth-order valence-electron chi connectivity index (χ4n) is 8.56. The summed E-state index contributed by atoms with van der Waals surface area (Å²) in [4.78, 5) is 54.0. The largest absolute Gasteiger partial charge is 0.496 e. The molecule has 3 N–H and O–H groups in total. The van der Waals surface area contributed by atoms with Crippen LogP contribution in [0.3, 0.4) is 0 Å². The number of methoxy groups -OCH3 is 1. The molecule has 0 radical (unpaired) electrons. The highest BCUT2D eigenvalue weighted by Gasteiger charge is 2.62. The highest BCUT2D eigenvalue weighted by atomic mass is 32.2. The molecule has 2 aliphatic heterocycles. The number of Topliss-reactive ketones (excluding diaryl/α,β-unsaturated/α-hetero) is 1. The number of carbonyl (C=O) groups is 3. The third kappa shape index (κ3) is 7.45. The molecule has 4 heterocycles. The van der Waals surface area contributed by atoms with Crippen molar-refractivity contribution in [3.8, 4) is 33.6 Å². The minimum absolute atomic E-state index is 0.0494. The van der Waals surface area contributed by atoms with E-state index >= 15 is 0 Å². The molecule has 5 atom stereocenters. The summed E-state index contributed by atoms with van der Waals surface area (Å²) in [5, 5.41) is 2.79. The second-order valence-corrected chi connectivity index (χ2v) is 20.0. The zero-order chi connectivity index (χ0) is 41.0. The van der Waals surface area contributed by atoms with Crippen LogP contribution in [-0.2, 0) is 24.4 Å². The van der Waals surface area contributed by atoms with Crippen molar-refractivity contribution in [1.29, 1.82) is 0 Å². The van der Waals surface area contributed by atoms with E-state index in [0.717, 1.165) is 58.8 Å². The summed E-state index contributed by atoms with van der Waals surface area (Å²) in [6.45, 7) is 5.83. The number of para-hydroxylation sites is 2. The topological polar surface area (TPSA) is 176 Å². The van der Waals surface area contributed by atoms with E-state index in [2.05, 4.69) is 4.72 Å². The molecule has 8 rings (SSSR count). The van der Waals surface area contributed by atoms with E-state index in [9.17, 15) is 22.8 Å². The maximum absolute atomic E-state index is 14.5. The van der Waals surface area contributed by atoms with Crippen molar-refractivity contribution in [2.24, 2.45) is 17.1 Å². The van der Waals surface area contributed by atoms with Crippen LogP contribution in [0.2, 0.25) is 0 Å². The predicted molar refractivity (Wildman–Crippen MR) is 223 cm³/mol. The number of hydrogen-bond acceptors (Lipinski definition) is 11. The molecule has 0 bridgehead atoms. The van der Waals surface area contributed by atoms with Crippen LogP contribution in [0.1, 0.15) is 91.0 Å². The Balaban J connectivity index is 1.09. The number of amides is 2. The lowest BCUT2D eigenvalue weighted by Crippen LogP contribution is -2.50. The Morgan fingerprint density at radius 3 is 2.59 bits per heavy atom. The van der Waals surface area contributed by atoms with Gasteiger partial charge in [-0.1, -0.05) is 43.2 Å². The molecular formula is C43H52N6O7S2. The summed E-state index contributed by atoms with van der Waals surface area (Å²) in [6.07, 6.45) is 8.47. The van der Waals surface area contributed by atoms with E-state index in [4.69, 9.17) is 25.2 Å². The molecule has 0 unspecified atom stereocenters. The van der Waals surface area contributed by atoms with Crippen LogP contribution < -0.4 is 19.9 Å². The number of aromatic nitrogens is 3. The summed E-state index contributed by atoms with van der Waals surface area (Å²) >= 11 is 1.51. The average Bonchev–Trinajstić information content (AvgIpc) is 3.87. The first kappa shape index (κ1) is 40.2. The quantitative estimate of drug-likeness (QED) is 0.176. The average molecular weight is 829 g/mol. The first-order valence-electron chi connectivity index (χ1n) is 20.3. The van der Waals surface area contributed by atoms with Crippen LogP contribution in [0.15, 0.2) is 60.0 Å². The number of imidazole rings is 1. The monoisotopic (exact) mass is 828 g/mol. The highest BCUT2D eigenvalue weighted by molar-refractivity contribution is 7.91. The Labute approximate surface area is 343 Å². The van der Waals surface area contributed by atoms with Crippen molar-refractivity contribution in [2.45, 2.75) is 114 Å². The van der Waals surface area contributed by atoms with Crippen LogP contribution in [-0.4, -0.2) is 82.0 Å². The molecule has 2 aromatic heterocycles. The second kappa shape index (κ2) is 15.5. The number of rotatable bonds is 9. The van der Waals surface area contributed by atoms with Gasteiger partial charge in [0.05, 0.1) is 47.1 Å². The van der Waals surface area contributed by atoms with Gasteiger partial charge in [-0.2, -0.15) is 4.98 Å². The van der Waals surface area contributed by atoms with Gasteiger partial charge < -0.3 is 20.1 Å². The summed E-state index contributed by atoms with van der Waals surface area (Å²) < 4.78 is 42.0. The third-order valence-electron chi connectivity index (χ3n) is 12.5. The number of allylic oxidation sites excluding steroid dienone is 2. The van der Waals surface area contributed by atoms with Gasteiger partial charge in [0.15, 0.2) is 5.78 Å². The molecule has 4 aromatic rings. The van der Waals surface area contributed by atoms with Crippen molar-refractivity contribution >= 4 is 50.0 Å². The molecule has 2 aliphatic carbocycles. The number of nitrogens with two attached hydrogens (primary N) is 1. The number of ketones is 1. The van der Waals surface area contributed by atoms with Crippen molar-refractivity contribution in [3.63, 3.8) is 0 Å². The lowest BCUT2D eigenvalue weighted by Gasteiger charge is -2.27. The van der Waals surface area contributed by atoms with Gasteiger partial charge in [-0.05, 0) is 89.5 Å². The minimum Gasteiger partial charge on any atom is -0.496 e. The van der Waals surface area contributed by atoms with Crippen LogP contribution in [0.5, 0.6) is 11.8 Å². The van der Waals surface area contributed by atoms with Gasteiger partial charge >= 0.3 is 0 Å². The van der Waals surface area contributed by atoms with Crippen molar-refractivity contribution in [2.75, 3.05) is 13.7 Å². The van der Waals surface area contributed by atoms with Crippen LogP contribution in [0, 0.1) is 11.3 Å². The molecule has 4 aliphatic rings. The van der Waals surface area contributed by atoms with E-state index in [1.54, 1.807) is 14.0 Å². The fraction of sp³-hybridized carbons (Fsp3) is 0.512. The highest BCUT2D eigenvalue weighted by Crippen LogP contribution is 2.57. The van der Waals surface area contributed by atoms with E-state index in [1.165, 1.54) is 16.2 Å². The standard InChI is InChI=1S/C43H52N6O7S2/c1-26(2)49-33-17-12-15-30(38-45-32(25-57-38)29-14-10-11-18-36(29)55-4)37(33)46-41(49)56-28-21-34-35(50)23-43(40(52)47-58(53,54)42(3)19-20-42)22-27(43)13-8-6-5-7-9-16-31(44)39(51)48(34)24-28/h8,10-15,17-18,25-28,31,34H,5-7,9,16,19-24,44H2,1-4H3,(H,47,52)/b13-8-/t27-,28-,31+,34+,43-/m1/s1. The molecule has 2 saturated carbocycles. The molecule has 3 fully saturated rings. The van der Waals surface area contributed by atoms with Crippen LogP contribution in [0.25, 0.3) is 32.9 Å². The maximum Gasteiger partial charge on any atom is 0.297 e. The molecule has 2 amide bonds. The smallest absolute Gasteiger partial charge is 0.297 e. The molecule has 0 spiro atoms. The summed E-state index contributed by atoms with van der Waals surface area (Å²) in [5.41, 5.74) is 9.39. The SMILES string of the molecule is COc1ccccc1-c1csc(-c2cccc3c2nc(O[C@@H]2C[C@H]4C(=O)C[C@]5(C(=O)NS(=O)(=O)C6(C)CC6)C[C@H]5/C=C\CCCCC[C@H](N)C(=O)N4C2)n3C(C)C)n1. The van der Waals surface area contributed by atoms with E-state index in [1.807, 2.05) is 78.4 Å². The Hall–Kier alpha value is -4.60. The van der Waals surface area contributed by atoms with Gasteiger partial charge in [-0.15, -0.1) is 11.3 Å². The number of hydrogen-bond donors (Lipinski definition) is 2. The van der Waals surface area contributed by atoms with Gasteiger partial charge in [0.2, 0.25) is 21.8 Å². The number of nitrogens with one attached hydrogen (secondary N) is 1. The number of benzene rings is 2. The number of thiazole rings is 1.